The lowest BCUT2D eigenvalue weighted by Crippen LogP contribution is -2.33. The van der Waals surface area contributed by atoms with Crippen LogP contribution in [0.2, 0.25) is 0 Å². The molecule has 1 amide bonds. The maximum absolute atomic E-state index is 11.6. The molecule has 3 nitrogen and oxygen atoms in total. The Hall–Kier alpha value is -0.220. The minimum atomic E-state index is 0.235. The van der Waals surface area contributed by atoms with Crippen molar-refractivity contribution in [2.75, 3.05) is 38.7 Å². The number of carbonyl (C=O) groups excluding carboxylic acids is 1. The summed E-state index contributed by atoms with van der Waals surface area (Å²) in [6, 6.07) is 0. The summed E-state index contributed by atoms with van der Waals surface area (Å²) >= 11 is 1.74. The third kappa shape index (κ3) is 8.75. The van der Waals surface area contributed by atoms with Crippen molar-refractivity contribution in [3.05, 3.63) is 0 Å². The van der Waals surface area contributed by atoms with E-state index in [1.165, 1.54) is 6.42 Å². The van der Waals surface area contributed by atoms with Gasteiger partial charge in [0.05, 0.1) is 5.75 Å². The van der Waals surface area contributed by atoms with Gasteiger partial charge in [0.15, 0.2) is 0 Å². The third-order valence-corrected chi connectivity index (χ3v) is 3.16. The minimum absolute atomic E-state index is 0.235. The molecule has 0 bridgehead atoms. The van der Waals surface area contributed by atoms with Gasteiger partial charge in [-0.25, -0.2) is 0 Å². The Balaban J connectivity index is 3.47. The van der Waals surface area contributed by atoms with Gasteiger partial charge in [-0.05, 0) is 25.1 Å². The molecule has 90 valence electrons. The standard InChI is InChI=1S/C11H24N2OS/c1-10(2)5-8-15-9-11(14)13(4)7-6-12-3/h10,12H,5-9H2,1-4H3. The fraction of sp³-hybridized carbons (Fsp3) is 0.909. The fourth-order valence-electron chi connectivity index (χ4n) is 0.993. The van der Waals surface area contributed by atoms with Crippen LogP contribution in [-0.4, -0.2) is 49.5 Å². The molecule has 0 saturated carbocycles. The summed E-state index contributed by atoms with van der Waals surface area (Å²) in [4.78, 5) is 13.4. The molecule has 0 rings (SSSR count). The highest BCUT2D eigenvalue weighted by molar-refractivity contribution is 7.99. The van der Waals surface area contributed by atoms with E-state index in [0.717, 1.165) is 24.8 Å². The molecule has 0 radical (unpaired) electrons. The molecule has 0 aliphatic carbocycles. The summed E-state index contributed by atoms with van der Waals surface area (Å²) < 4.78 is 0. The van der Waals surface area contributed by atoms with Crippen molar-refractivity contribution in [1.29, 1.82) is 0 Å². The quantitative estimate of drug-likeness (QED) is 0.643. The van der Waals surface area contributed by atoms with Crippen LogP contribution in [0.4, 0.5) is 0 Å². The Bertz CT molecular complexity index is 174. The topological polar surface area (TPSA) is 32.3 Å². The van der Waals surface area contributed by atoms with E-state index < -0.39 is 0 Å². The second-order valence-corrected chi connectivity index (χ2v) is 5.26. The van der Waals surface area contributed by atoms with Crippen LogP contribution in [0.15, 0.2) is 0 Å². The maximum Gasteiger partial charge on any atom is 0.232 e. The molecule has 0 unspecified atom stereocenters. The molecule has 0 atom stereocenters. The van der Waals surface area contributed by atoms with Crippen LogP contribution in [0.1, 0.15) is 20.3 Å². The van der Waals surface area contributed by atoms with Crippen LogP contribution < -0.4 is 5.32 Å². The first-order valence-corrected chi connectivity index (χ1v) is 6.69. The van der Waals surface area contributed by atoms with Crippen molar-refractivity contribution in [2.45, 2.75) is 20.3 Å². The summed E-state index contributed by atoms with van der Waals surface area (Å²) in [5, 5.41) is 3.03. The Labute approximate surface area is 98.0 Å². The number of hydrogen-bond acceptors (Lipinski definition) is 3. The number of likely N-dealkylation sites (N-methyl/N-ethyl adjacent to an activating group) is 2. The van der Waals surface area contributed by atoms with Crippen LogP contribution >= 0.6 is 11.8 Å². The molecular formula is C11H24N2OS. The number of amides is 1. The zero-order valence-electron chi connectivity index (χ0n) is 10.4. The molecule has 0 fully saturated rings. The van der Waals surface area contributed by atoms with Gasteiger partial charge in [0, 0.05) is 20.1 Å². The summed E-state index contributed by atoms with van der Waals surface area (Å²) in [6.07, 6.45) is 1.19. The van der Waals surface area contributed by atoms with E-state index in [-0.39, 0.29) is 5.91 Å². The van der Waals surface area contributed by atoms with Crippen molar-refractivity contribution < 1.29 is 4.79 Å². The van der Waals surface area contributed by atoms with E-state index in [2.05, 4.69) is 19.2 Å². The summed E-state index contributed by atoms with van der Waals surface area (Å²) in [5.41, 5.74) is 0. The lowest BCUT2D eigenvalue weighted by Gasteiger charge is -2.16. The van der Waals surface area contributed by atoms with Crippen molar-refractivity contribution in [3.8, 4) is 0 Å². The largest absolute Gasteiger partial charge is 0.344 e. The van der Waals surface area contributed by atoms with E-state index in [9.17, 15) is 4.79 Å². The summed E-state index contributed by atoms with van der Waals surface area (Å²) in [6.45, 7) is 6.07. The highest BCUT2D eigenvalue weighted by atomic mass is 32.2. The first-order valence-electron chi connectivity index (χ1n) is 5.54. The Morgan fingerprint density at radius 1 is 1.47 bits per heavy atom. The van der Waals surface area contributed by atoms with E-state index in [1.54, 1.807) is 16.7 Å². The number of nitrogens with zero attached hydrogens (tertiary/aromatic N) is 1. The lowest BCUT2D eigenvalue weighted by molar-refractivity contribution is -0.127. The maximum atomic E-state index is 11.6. The zero-order valence-corrected chi connectivity index (χ0v) is 11.2. The van der Waals surface area contributed by atoms with Crippen LogP contribution in [0, 0.1) is 5.92 Å². The van der Waals surface area contributed by atoms with Gasteiger partial charge >= 0.3 is 0 Å². The summed E-state index contributed by atoms with van der Waals surface area (Å²) in [7, 11) is 3.76. The second-order valence-electron chi connectivity index (χ2n) is 4.15. The molecule has 4 heteroatoms. The predicted molar refractivity (Wildman–Crippen MR) is 68.3 cm³/mol. The second kappa shape index (κ2) is 9.04. The molecule has 0 aliphatic heterocycles. The Morgan fingerprint density at radius 3 is 2.67 bits per heavy atom. The molecule has 0 aliphatic rings. The highest BCUT2D eigenvalue weighted by Crippen LogP contribution is 2.09. The number of thioether (sulfide) groups is 1. The summed E-state index contributed by atoms with van der Waals surface area (Å²) in [5.74, 6) is 2.67. The Kier molecular flexibility index (Phi) is 8.91. The van der Waals surface area contributed by atoms with Crippen molar-refractivity contribution in [3.63, 3.8) is 0 Å². The van der Waals surface area contributed by atoms with Gasteiger partial charge in [-0.1, -0.05) is 13.8 Å². The first-order chi connectivity index (χ1) is 7.07. The van der Waals surface area contributed by atoms with Gasteiger partial charge < -0.3 is 10.2 Å². The molecular weight excluding hydrogens is 208 g/mol. The number of rotatable bonds is 8. The molecule has 1 N–H and O–H groups in total. The third-order valence-electron chi connectivity index (χ3n) is 2.19. The van der Waals surface area contributed by atoms with Gasteiger partial charge in [-0.3, -0.25) is 4.79 Å². The zero-order chi connectivity index (χ0) is 11.7. The highest BCUT2D eigenvalue weighted by Gasteiger charge is 2.07. The van der Waals surface area contributed by atoms with E-state index in [4.69, 9.17) is 0 Å². The van der Waals surface area contributed by atoms with Gasteiger partial charge in [0.25, 0.3) is 0 Å². The molecule has 0 aromatic rings. The normalized spacial score (nSPS) is 10.7. The molecule has 0 aromatic carbocycles. The van der Waals surface area contributed by atoms with Gasteiger partial charge in [0.1, 0.15) is 0 Å². The average Bonchev–Trinajstić information content (AvgIpc) is 2.20. The van der Waals surface area contributed by atoms with Crippen molar-refractivity contribution >= 4 is 17.7 Å². The smallest absolute Gasteiger partial charge is 0.232 e. The van der Waals surface area contributed by atoms with Crippen molar-refractivity contribution in [1.82, 2.24) is 10.2 Å². The van der Waals surface area contributed by atoms with Crippen LogP contribution in [-0.2, 0) is 4.79 Å². The predicted octanol–water partition coefficient (Wildman–Crippen LogP) is 1.44. The Morgan fingerprint density at radius 2 is 2.13 bits per heavy atom. The van der Waals surface area contributed by atoms with Crippen LogP contribution in [0.25, 0.3) is 0 Å². The minimum Gasteiger partial charge on any atom is -0.344 e. The van der Waals surface area contributed by atoms with Crippen molar-refractivity contribution in [2.24, 2.45) is 5.92 Å². The van der Waals surface area contributed by atoms with Gasteiger partial charge in [-0.15, -0.1) is 0 Å². The molecule has 15 heavy (non-hydrogen) atoms. The molecule has 0 saturated heterocycles. The lowest BCUT2D eigenvalue weighted by atomic mass is 10.2. The molecule has 0 heterocycles. The van der Waals surface area contributed by atoms with Crippen LogP contribution in [0.5, 0.6) is 0 Å². The molecule has 0 aromatic heterocycles. The van der Waals surface area contributed by atoms with Gasteiger partial charge in [0.2, 0.25) is 5.91 Å². The fourth-order valence-corrected chi connectivity index (χ4v) is 2.17. The number of carbonyl (C=O) groups is 1. The van der Waals surface area contributed by atoms with E-state index >= 15 is 0 Å². The first kappa shape index (κ1) is 14.8. The SMILES string of the molecule is CNCCN(C)C(=O)CSCCC(C)C. The van der Waals surface area contributed by atoms with Crippen LogP contribution in [0.3, 0.4) is 0 Å². The van der Waals surface area contributed by atoms with E-state index in [1.807, 2.05) is 14.1 Å². The average molecular weight is 232 g/mol. The van der Waals surface area contributed by atoms with E-state index in [0.29, 0.717) is 5.75 Å². The monoisotopic (exact) mass is 232 g/mol. The van der Waals surface area contributed by atoms with Gasteiger partial charge in [-0.2, -0.15) is 11.8 Å². The molecule has 0 spiro atoms. The number of hydrogen-bond donors (Lipinski definition) is 1. The number of nitrogens with one attached hydrogen (secondary N) is 1.